The van der Waals surface area contributed by atoms with Crippen molar-refractivity contribution in [3.05, 3.63) is 138 Å². The number of nitrogens with one attached hydrogen (secondary N) is 4. The van der Waals surface area contributed by atoms with Gasteiger partial charge in [0.25, 0.3) is 5.91 Å². The highest BCUT2D eigenvalue weighted by molar-refractivity contribution is 6.30. The van der Waals surface area contributed by atoms with E-state index in [1.54, 1.807) is 36.8 Å². The van der Waals surface area contributed by atoms with Gasteiger partial charge in [-0.1, -0.05) is 56.2 Å². The van der Waals surface area contributed by atoms with Crippen molar-refractivity contribution < 1.29 is 38.2 Å². The van der Waals surface area contributed by atoms with Crippen molar-refractivity contribution in [1.82, 2.24) is 30.1 Å². The first kappa shape index (κ1) is 55.2. The highest BCUT2D eigenvalue weighted by Gasteiger charge is 2.48. The lowest BCUT2D eigenvalue weighted by Gasteiger charge is -2.34. The lowest BCUT2D eigenvalue weighted by atomic mass is 9.82. The molecule has 0 bridgehead atoms. The van der Waals surface area contributed by atoms with E-state index >= 15 is 0 Å². The fourth-order valence-electron chi connectivity index (χ4n) is 9.80. The predicted molar refractivity (Wildman–Crippen MR) is 292 cm³/mol. The number of aromatic nitrogens is 3. The maximum Gasteiger partial charge on any atom is 0.255 e. The molecule has 2 atom stereocenters. The summed E-state index contributed by atoms with van der Waals surface area (Å²) in [4.78, 5) is 83.5. The van der Waals surface area contributed by atoms with Gasteiger partial charge < -0.3 is 40.4 Å². The van der Waals surface area contributed by atoms with Gasteiger partial charge in [-0.15, -0.1) is 0 Å². The Bertz CT molecular complexity index is 2780. The van der Waals surface area contributed by atoms with Gasteiger partial charge in [0.2, 0.25) is 17.8 Å². The highest BCUT2D eigenvalue weighted by Crippen LogP contribution is 2.39. The van der Waals surface area contributed by atoms with Gasteiger partial charge in [-0.25, -0.2) is 9.97 Å². The molecule has 1 aliphatic carbocycles. The number of fused-ring (bicyclic) bond motifs is 1. The maximum absolute atomic E-state index is 13.4. The Morgan fingerprint density at radius 2 is 1.46 bits per heavy atom. The zero-order valence-electron chi connectivity index (χ0n) is 43.7. The van der Waals surface area contributed by atoms with Gasteiger partial charge >= 0.3 is 0 Å². The van der Waals surface area contributed by atoms with E-state index in [4.69, 9.17) is 14.2 Å². The summed E-state index contributed by atoms with van der Waals surface area (Å²) in [5, 5.41) is 11.8. The Hall–Kier alpha value is -7.02. The van der Waals surface area contributed by atoms with Gasteiger partial charge in [-0.2, -0.15) is 0 Å². The number of aryl methyl sites for hydroxylation is 1. The van der Waals surface area contributed by atoms with Crippen molar-refractivity contribution in [3.8, 4) is 11.3 Å². The van der Waals surface area contributed by atoms with Crippen LogP contribution in [0.25, 0.3) is 11.3 Å². The number of ether oxygens (including phenoxy) is 3. The van der Waals surface area contributed by atoms with Crippen molar-refractivity contribution in [3.63, 3.8) is 0 Å². The molecule has 3 aliphatic rings. The minimum Gasteiger partial charge on any atom is -0.379 e. The van der Waals surface area contributed by atoms with Gasteiger partial charge in [-0.3, -0.25) is 33.9 Å². The van der Waals surface area contributed by atoms with Crippen molar-refractivity contribution in [1.29, 1.82) is 0 Å². The van der Waals surface area contributed by atoms with Crippen molar-refractivity contribution in [2.45, 2.75) is 77.7 Å². The Balaban J connectivity index is 0.594. The van der Waals surface area contributed by atoms with Gasteiger partial charge in [0.05, 0.1) is 55.2 Å². The third kappa shape index (κ3) is 15.8. The third-order valence-corrected chi connectivity index (χ3v) is 14.1. The SMILES string of the molecule is C=C1CCC(C2C(=O)c3cccc(NC(=O)CCCCCOCCOCCOCCCCCCN4CCN(Cc5ccc(C(=O)Nc6ccc(C)c(Nc7nccc(-c8cccnc8)n7)c6)cc5)CC4)c3C2=O)C(=O)N1. The number of benzene rings is 3. The fourth-order valence-corrected chi connectivity index (χ4v) is 9.80. The second-order valence-corrected chi connectivity index (χ2v) is 19.7. The normalized spacial score (nSPS) is 16.9. The monoisotopic (exact) mass is 1030 g/mol. The number of nitrogens with zero attached hydrogens (tertiary/aromatic N) is 5. The summed E-state index contributed by atoms with van der Waals surface area (Å²) >= 11 is 0. The smallest absolute Gasteiger partial charge is 0.255 e. The van der Waals surface area contributed by atoms with Crippen molar-refractivity contribution in [2.75, 3.05) is 88.3 Å². The van der Waals surface area contributed by atoms with E-state index in [1.807, 2.05) is 55.5 Å². The Morgan fingerprint density at radius 3 is 2.20 bits per heavy atom. The summed E-state index contributed by atoms with van der Waals surface area (Å²) < 4.78 is 17.1. The van der Waals surface area contributed by atoms with Crippen LogP contribution in [0.3, 0.4) is 0 Å². The molecular weight excluding hydrogens is 963 g/mol. The highest BCUT2D eigenvalue weighted by atomic mass is 16.5. The molecule has 4 heterocycles. The van der Waals surface area contributed by atoms with Crippen molar-refractivity contribution >= 4 is 52.3 Å². The molecular formula is C59H71N9O8. The van der Waals surface area contributed by atoms with E-state index in [2.05, 4.69) is 64.7 Å². The molecule has 0 radical (unpaired) electrons. The van der Waals surface area contributed by atoms with Crippen LogP contribution in [-0.4, -0.2) is 126 Å². The Kier molecular flexibility index (Phi) is 20.5. The molecule has 2 aliphatic heterocycles. The number of anilines is 4. The molecule has 8 rings (SSSR count). The summed E-state index contributed by atoms with van der Waals surface area (Å²) in [7, 11) is 0. The van der Waals surface area contributed by atoms with Gasteiger partial charge in [0, 0.05) is 105 Å². The van der Waals surface area contributed by atoms with Crippen LogP contribution in [-0.2, 0) is 30.3 Å². The van der Waals surface area contributed by atoms with Gasteiger partial charge in [0.15, 0.2) is 11.6 Å². The Labute approximate surface area is 445 Å². The van der Waals surface area contributed by atoms with Crippen LogP contribution in [0.2, 0.25) is 0 Å². The third-order valence-electron chi connectivity index (χ3n) is 14.1. The molecule has 2 fully saturated rings. The number of ketones is 2. The molecule has 0 saturated carbocycles. The summed E-state index contributed by atoms with van der Waals surface area (Å²) in [6, 6.07) is 24.2. The van der Waals surface area contributed by atoms with E-state index in [0.717, 1.165) is 94.1 Å². The number of unbranched alkanes of at least 4 members (excludes halogenated alkanes) is 5. The number of Topliss-reactive ketones (excluding diaryl/α,β-unsaturated/α-hetero) is 2. The van der Waals surface area contributed by atoms with Crippen LogP contribution in [0, 0.1) is 18.8 Å². The number of piperidine rings is 1. The standard InChI is InChI=1S/C59H71N9O8/c1-41-16-22-46(38-51(41)66-59-61-26-24-49(65-59)45-12-11-25-60-39-45)63-57(72)44-20-18-43(19-21-44)40-68-30-28-67(29-31-68)27-7-3-4-8-32-74-34-36-76-37-35-75-33-9-5-6-15-52(69)64-50-14-10-13-47-53(50)56(71)54(55(47)70)48-23-17-42(2)62-58(48)73/h10-14,16,18-22,24-26,38-39,48,54H,2-9,15,17,23,27-37,40H2,1H3,(H,62,73)(H,63,72)(H,64,69)(H,61,65,66). The van der Waals surface area contributed by atoms with E-state index in [-0.39, 0.29) is 41.1 Å². The maximum atomic E-state index is 13.4. The molecule has 17 heteroatoms. The largest absolute Gasteiger partial charge is 0.379 e. The number of pyridine rings is 1. The van der Waals surface area contributed by atoms with Gasteiger partial charge in [-0.05, 0) is 112 Å². The fraction of sp³-hybridized carbons (Fsp3) is 0.424. The molecule has 3 aromatic carbocycles. The topological polar surface area (TPSA) is 206 Å². The predicted octanol–water partition coefficient (Wildman–Crippen LogP) is 8.80. The lowest BCUT2D eigenvalue weighted by Crippen LogP contribution is -2.46. The van der Waals surface area contributed by atoms with Crippen LogP contribution in [0.5, 0.6) is 0 Å². The van der Waals surface area contributed by atoms with Crippen LogP contribution in [0.4, 0.5) is 23.0 Å². The number of rotatable bonds is 28. The van der Waals surface area contributed by atoms with Crippen LogP contribution >= 0.6 is 0 Å². The van der Waals surface area contributed by atoms with E-state index < -0.39 is 17.6 Å². The molecule has 2 unspecified atom stereocenters. The summed E-state index contributed by atoms with van der Waals surface area (Å²) in [5.74, 6) is -2.91. The molecule has 5 aromatic rings. The van der Waals surface area contributed by atoms with Crippen molar-refractivity contribution in [2.24, 2.45) is 11.8 Å². The summed E-state index contributed by atoms with van der Waals surface area (Å²) in [6.07, 6.45) is 13.2. The number of allylic oxidation sites excluding steroid dienone is 1. The molecule has 17 nitrogen and oxygen atoms in total. The number of carbonyl (C=O) groups is 5. The van der Waals surface area contributed by atoms with E-state index in [0.29, 0.717) is 80.9 Å². The number of amides is 3. The van der Waals surface area contributed by atoms with Crippen LogP contribution < -0.4 is 21.3 Å². The average Bonchev–Trinajstić information content (AvgIpc) is 3.68. The molecule has 3 amide bonds. The second kappa shape index (κ2) is 28.2. The number of hydrogen-bond donors (Lipinski definition) is 4. The molecule has 2 aromatic heterocycles. The van der Waals surface area contributed by atoms with E-state index in [9.17, 15) is 24.0 Å². The first-order valence-electron chi connectivity index (χ1n) is 26.8. The molecule has 76 heavy (non-hydrogen) atoms. The summed E-state index contributed by atoms with van der Waals surface area (Å²) in [5.41, 5.74) is 7.29. The van der Waals surface area contributed by atoms with E-state index in [1.165, 1.54) is 18.4 Å². The summed E-state index contributed by atoms with van der Waals surface area (Å²) in [6.45, 7) is 15.3. The lowest BCUT2D eigenvalue weighted by molar-refractivity contribution is -0.126. The minimum absolute atomic E-state index is 0.167. The number of hydrogen-bond acceptors (Lipinski definition) is 14. The minimum atomic E-state index is -1.08. The molecule has 0 spiro atoms. The molecule has 4 N–H and O–H groups in total. The van der Waals surface area contributed by atoms with Crippen LogP contribution in [0.15, 0.2) is 110 Å². The zero-order chi connectivity index (χ0) is 53.1. The average molecular weight is 1030 g/mol. The molecule has 2 saturated heterocycles. The molecule has 400 valence electrons. The first-order chi connectivity index (χ1) is 37.1. The zero-order valence-corrected chi connectivity index (χ0v) is 43.7. The van der Waals surface area contributed by atoms with Crippen LogP contribution in [0.1, 0.15) is 106 Å². The second-order valence-electron chi connectivity index (χ2n) is 19.7. The number of piperazine rings is 1. The van der Waals surface area contributed by atoms with Gasteiger partial charge in [0.1, 0.15) is 0 Å². The first-order valence-corrected chi connectivity index (χ1v) is 26.8. The number of carbonyl (C=O) groups excluding carboxylic acids is 5. The Morgan fingerprint density at radius 1 is 0.737 bits per heavy atom. The quantitative estimate of drug-likeness (QED) is 0.0273.